The third-order valence-corrected chi connectivity index (χ3v) is 3.60. The molecule has 1 amide bonds. The van der Waals surface area contributed by atoms with Crippen molar-refractivity contribution < 1.29 is 9.90 Å². The maximum absolute atomic E-state index is 12.4. The van der Waals surface area contributed by atoms with Crippen molar-refractivity contribution in [2.75, 3.05) is 13.1 Å². The molecule has 0 atom stereocenters. The number of rotatable bonds is 3. The number of piperidine rings is 1. The van der Waals surface area contributed by atoms with Crippen LogP contribution in [0, 0.1) is 12.3 Å². The second kappa shape index (κ2) is 6.37. The van der Waals surface area contributed by atoms with Crippen molar-refractivity contribution in [2.45, 2.75) is 26.2 Å². The van der Waals surface area contributed by atoms with Crippen LogP contribution in [-0.2, 0) is 4.79 Å². The molecule has 4 heteroatoms. The first kappa shape index (κ1) is 14.3. The second-order valence-corrected chi connectivity index (χ2v) is 5.13. The highest BCUT2D eigenvalue weighted by Crippen LogP contribution is 2.19. The van der Waals surface area contributed by atoms with Crippen molar-refractivity contribution in [1.82, 2.24) is 4.90 Å². The van der Waals surface area contributed by atoms with E-state index in [1.54, 1.807) is 17.0 Å². The summed E-state index contributed by atoms with van der Waals surface area (Å²) in [6.07, 6.45) is 4.06. The molecule has 0 aromatic heterocycles. The number of likely N-dealkylation sites (tertiary alicyclic amines) is 1. The number of hydrogen-bond acceptors (Lipinski definition) is 3. The molecule has 0 saturated carbocycles. The SMILES string of the molecule is Cc1ccc(/C(O)=C(/C=N)C(=O)N2CCCCC2)cc1. The monoisotopic (exact) mass is 272 g/mol. The Hall–Kier alpha value is -2.10. The van der Waals surface area contributed by atoms with Crippen molar-refractivity contribution in [3.05, 3.63) is 41.0 Å². The number of nitrogens with zero attached hydrogens (tertiary/aromatic N) is 1. The zero-order valence-corrected chi connectivity index (χ0v) is 11.7. The van der Waals surface area contributed by atoms with Crippen LogP contribution in [0.2, 0.25) is 0 Å². The summed E-state index contributed by atoms with van der Waals surface area (Å²) in [5.74, 6) is -0.367. The number of carbonyl (C=O) groups is 1. The predicted octanol–water partition coefficient (Wildman–Crippen LogP) is 2.93. The molecule has 2 N–H and O–H groups in total. The van der Waals surface area contributed by atoms with Crippen molar-refractivity contribution in [2.24, 2.45) is 0 Å². The Balaban J connectivity index is 2.28. The summed E-state index contributed by atoms with van der Waals surface area (Å²) in [5, 5.41) is 17.7. The molecule has 106 valence electrons. The summed E-state index contributed by atoms with van der Waals surface area (Å²) in [6.45, 7) is 3.37. The number of carbonyl (C=O) groups excluding carboxylic acids is 1. The van der Waals surface area contributed by atoms with Gasteiger partial charge in [-0.3, -0.25) is 4.79 Å². The topological polar surface area (TPSA) is 64.4 Å². The quantitative estimate of drug-likeness (QED) is 0.505. The van der Waals surface area contributed by atoms with Gasteiger partial charge in [-0.2, -0.15) is 0 Å². The van der Waals surface area contributed by atoms with E-state index in [1.807, 2.05) is 19.1 Å². The molecule has 0 bridgehead atoms. The normalized spacial score (nSPS) is 16.6. The third-order valence-electron chi connectivity index (χ3n) is 3.60. The molecule has 0 radical (unpaired) electrons. The Morgan fingerprint density at radius 1 is 1.20 bits per heavy atom. The van der Waals surface area contributed by atoms with Crippen LogP contribution in [0.5, 0.6) is 0 Å². The van der Waals surface area contributed by atoms with Gasteiger partial charge < -0.3 is 15.4 Å². The highest BCUT2D eigenvalue weighted by Gasteiger charge is 2.22. The highest BCUT2D eigenvalue weighted by molar-refractivity contribution is 6.16. The zero-order chi connectivity index (χ0) is 14.5. The van der Waals surface area contributed by atoms with Crippen LogP contribution in [0.4, 0.5) is 0 Å². The molecule has 0 spiro atoms. The molecule has 20 heavy (non-hydrogen) atoms. The number of aryl methyl sites for hydroxylation is 1. The average Bonchev–Trinajstić information content (AvgIpc) is 2.49. The molecular weight excluding hydrogens is 252 g/mol. The molecule has 1 heterocycles. The Morgan fingerprint density at radius 3 is 2.35 bits per heavy atom. The van der Waals surface area contributed by atoms with Gasteiger partial charge in [-0.05, 0) is 26.2 Å². The Bertz CT molecular complexity index is 526. The molecule has 1 aliphatic heterocycles. The van der Waals surface area contributed by atoms with E-state index >= 15 is 0 Å². The lowest BCUT2D eigenvalue weighted by Crippen LogP contribution is -2.37. The van der Waals surface area contributed by atoms with Crippen LogP contribution >= 0.6 is 0 Å². The minimum absolute atomic E-state index is 0.0655. The Labute approximate surface area is 119 Å². The van der Waals surface area contributed by atoms with E-state index in [1.165, 1.54) is 0 Å². The van der Waals surface area contributed by atoms with E-state index in [-0.39, 0.29) is 17.2 Å². The average molecular weight is 272 g/mol. The fourth-order valence-electron chi connectivity index (χ4n) is 2.37. The van der Waals surface area contributed by atoms with Crippen LogP contribution in [0.25, 0.3) is 5.76 Å². The molecule has 4 nitrogen and oxygen atoms in total. The van der Waals surface area contributed by atoms with Crippen LogP contribution < -0.4 is 0 Å². The van der Waals surface area contributed by atoms with E-state index < -0.39 is 0 Å². The van der Waals surface area contributed by atoms with Gasteiger partial charge in [0, 0.05) is 24.9 Å². The van der Waals surface area contributed by atoms with Crippen molar-refractivity contribution in [3.8, 4) is 0 Å². The summed E-state index contributed by atoms with van der Waals surface area (Å²) in [4.78, 5) is 14.1. The first-order valence-corrected chi connectivity index (χ1v) is 6.93. The van der Waals surface area contributed by atoms with E-state index in [2.05, 4.69) is 0 Å². The number of hydrogen-bond donors (Lipinski definition) is 2. The molecular formula is C16H20N2O2. The van der Waals surface area contributed by atoms with Gasteiger partial charge >= 0.3 is 0 Å². The van der Waals surface area contributed by atoms with E-state index in [0.29, 0.717) is 18.7 Å². The summed E-state index contributed by atoms with van der Waals surface area (Å²) < 4.78 is 0. The fraction of sp³-hybridized carbons (Fsp3) is 0.375. The molecule has 1 aromatic rings. The number of benzene rings is 1. The molecule has 1 aliphatic rings. The number of aliphatic hydroxyl groups excluding tert-OH is 1. The lowest BCUT2D eigenvalue weighted by atomic mass is 10.0. The van der Waals surface area contributed by atoms with Gasteiger partial charge in [-0.1, -0.05) is 29.8 Å². The highest BCUT2D eigenvalue weighted by atomic mass is 16.3. The Kier molecular flexibility index (Phi) is 4.56. The third kappa shape index (κ3) is 3.07. The van der Waals surface area contributed by atoms with Crippen LogP contribution in [-0.4, -0.2) is 35.2 Å². The van der Waals surface area contributed by atoms with E-state index in [9.17, 15) is 9.90 Å². The van der Waals surface area contributed by atoms with Gasteiger partial charge in [0.15, 0.2) is 0 Å². The van der Waals surface area contributed by atoms with E-state index in [0.717, 1.165) is 31.0 Å². The van der Waals surface area contributed by atoms with Crippen molar-refractivity contribution >= 4 is 17.9 Å². The van der Waals surface area contributed by atoms with Gasteiger partial charge in [-0.15, -0.1) is 0 Å². The summed E-state index contributed by atoms with van der Waals surface area (Å²) in [5.41, 5.74) is 1.72. The fourth-order valence-corrected chi connectivity index (χ4v) is 2.37. The number of nitrogens with one attached hydrogen (secondary N) is 1. The van der Waals surface area contributed by atoms with Crippen LogP contribution in [0.1, 0.15) is 30.4 Å². The molecule has 1 aromatic carbocycles. The van der Waals surface area contributed by atoms with Crippen molar-refractivity contribution in [3.63, 3.8) is 0 Å². The molecule has 1 saturated heterocycles. The maximum atomic E-state index is 12.4. The van der Waals surface area contributed by atoms with E-state index in [4.69, 9.17) is 5.41 Å². The van der Waals surface area contributed by atoms with Gasteiger partial charge in [0.05, 0.1) is 5.57 Å². The lowest BCUT2D eigenvalue weighted by Gasteiger charge is -2.27. The number of amides is 1. The van der Waals surface area contributed by atoms with Crippen molar-refractivity contribution in [1.29, 1.82) is 5.41 Å². The van der Waals surface area contributed by atoms with Gasteiger partial charge in [0.2, 0.25) is 0 Å². The Morgan fingerprint density at radius 2 is 1.80 bits per heavy atom. The predicted molar refractivity (Wildman–Crippen MR) is 79.9 cm³/mol. The molecule has 0 unspecified atom stereocenters. The maximum Gasteiger partial charge on any atom is 0.259 e. The van der Waals surface area contributed by atoms with Gasteiger partial charge in [0.1, 0.15) is 5.76 Å². The van der Waals surface area contributed by atoms with Crippen LogP contribution in [0.3, 0.4) is 0 Å². The standard InChI is InChI=1S/C16H20N2O2/c1-12-5-7-13(8-6-12)15(19)14(11-17)16(20)18-9-3-2-4-10-18/h5-8,11,17,19H,2-4,9-10H2,1H3/b15-14+,17-11?. The van der Waals surface area contributed by atoms with Crippen LogP contribution in [0.15, 0.2) is 29.8 Å². The zero-order valence-electron chi connectivity index (χ0n) is 11.7. The van der Waals surface area contributed by atoms with Gasteiger partial charge in [-0.25, -0.2) is 0 Å². The molecule has 1 fully saturated rings. The summed E-state index contributed by atoms with van der Waals surface area (Å²) >= 11 is 0. The molecule has 0 aliphatic carbocycles. The summed E-state index contributed by atoms with van der Waals surface area (Å²) in [6, 6.07) is 7.27. The first-order valence-electron chi connectivity index (χ1n) is 6.93. The minimum Gasteiger partial charge on any atom is -0.506 e. The molecule has 2 rings (SSSR count). The minimum atomic E-state index is -0.252. The smallest absolute Gasteiger partial charge is 0.259 e. The largest absolute Gasteiger partial charge is 0.506 e. The number of aliphatic hydroxyl groups is 1. The first-order chi connectivity index (χ1) is 9.63. The second-order valence-electron chi connectivity index (χ2n) is 5.13. The summed E-state index contributed by atoms with van der Waals surface area (Å²) in [7, 11) is 0. The van der Waals surface area contributed by atoms with Gasteiger partial charge in [0.25, 0.3) is 5.91 Å². The lowest BCUT2D eigenvalue weighted by molar-refractivity contribution is -0.127.